The van der Waals surface area contributed by atoms with E-state index in [-0.39, 0.29) is 29.7 Å². The molecule has 0 saturated carbocycles. The van der Waals surface area contributed by atoms with Crippen LogP contribution < -0.4 is 9.62 Å². The van der Waals surface area contributed by atoms with E-state index in [1.165, 1.54) is 17.0 Å². The first-order chi connectivity index (χ1) is 21.5. The molecule has 1 atom stereocenters. The summed E-state index contributed by atoms with van der Waals surface area (Å²) in [5.74, 6) is -0.621. The van der Waals surface area contributed by atoms with Gasteiger partial charge in [0.2, 0.25) is 11.8 Å². The molecular weight excluding hydrogens is 606 g/mol. The van der Waals surface area contributed by atoms with Crippen LogP contribution in [0, 0.1) is 19.8 Å². The highest BCUT2D eigenvalue weighted by Crippen LogP contribution is 2.30. The van der Waals surface area contributed by atoms with Crippen LogP contribution in [0.4, 0.5) is 5.69 Å². The summed E-state index contributed by atoms with van der Waals surface area (Å²) in [6.45, 7) is 7.66. The number of anilines is 1. The molecule has 0 aliphatic heterocycles. The monoisotopic (exact) mass is 645 g/mol. The van der Waals surface area contributed by atoms with Crippen LogP contribution in [0.25, 0.3) is 0 Å². The Morgan fingerprint density at radius 1 is 0.822 bits per heavy atom. The Morgan fingerprint density at radius 2 is 1.42 bits per heavy atom. The van der Waals surface area contributed by atoms with E-state index in [1.54, 1.807) is 37.3 Å². The lowest BCUT2D eigenvalue weighted by Gasteiger charge is -2.34. The number of halogens is 1. The number of nitrogens with zero attached hydrogens (tertiary/aromatic N) is 2. The Labute approximate surface area is 271 Å². The Kier molecular flexibility index (Phi) is 11.4. The molecule has 1 N–H and O–H groups in total. The predicted molar refractivity (Wildman–Crippen MR) is 181 cm³/mol. The fraction of sp³-hybridized carbons (Fsp3) is 0.278. The van der Waals surface area contributed by atoms with Crippen LogP contribution in [-0.2, 0) is 32.6 Å². The maximum Gasteiger partial charge on any atom is 0.264 e. The fourth-order valence-corrected chi connectivity index (χ4v) is 6.60. The van der Waals surface area contributed by atoms with Crippen molar-refractivity contribution in [2.45, 2.75) is 51.6 Å². The molecule has 4 rings (SSSR count). The minimum Gasteiger partial charge on any atom is -0.354 e. The highest BCUT2D eigenvalue weighted by atomic mass is 35.5. The third-order valence-electron chi connectivity index (χ3n) is 7.48. The minimum absolute atomic E-state index is 0.0467. The fourth-order valence-electron chi connectivity index (χ4n) is 4.96. The summed E-state index contributed by atoms with van der Waals surface area (Å²) in [5.41, 5.74) is 3.52. The molecule has 0 heterocycles. The van der Waals surface area contributed by atoms with Gasteiger partial charge in [-0.1, -0.05) is 110 Å². The first-order valence-electron chi connectivity index (χ1n) is 15.0. The van der Waals surface area contributed by atoms with Gasteiger partial charge in [0.15, 0.2) is 0 Å². The zero-order valence-corrected chi connectivity index (χ0v) is 27.7. The van der Waals surface area contributed by atoms with Gasteiger partial charge in [-0.05, 0) is 60.7 Å². The number of carbonyl (C=O) groups is 2. The zero-order valence-electron chi connectivity index (χ0n) is 26.1. The zero-order chi connectivity index (χ0) is 32.6. The summed E-state index contributed by atoms with van der Waals surface area (Å²) in [6, 6.07) is 29.4. The van der Waals surface area contributed by atoms with Crippen molar-refractivity contribution in [2.75, 3.05) is 17.4 Å². The number of sulfonamides is 1. The quantitative estimate of drug-likeness (QED) is 0.178. The second-order valence-electron chi connectivity index (χ2n) is 11.6. The Balaban J connectivity index is 1.81. The molecule has 4 aromatic carbocycles. The van der Waals surface area contributed by atoms with Crippen LogP contribution in [0.2, 0.25) is 5.02 Å². The molecule has 0 saturated heterocycles. The lowest BCUT2D eigenvalue weighted by atomic mass is 10.0. The number of benzene rings is 4. The highest BCUT2D eigenvalue weighted by Gasteiger charge is 2.35. The molecule has 45 heavy (non-hydrogen) atoms. The molecule has 9 heteroatoms. The number of aryl methyl sites for hydroxylation is 2. The van der Waals surface area contributed by atoms with E-state index < -0.39 is 28.5 Å². The largest absolute Gasteiger partial charge is 0.354 e. The van der Waals surface area contributed by atoms with Crippen molar-refractivity contribution in [1.29, 1.82) is 0 Å². The molecule has 4 aromatic rings. The molecule has 236 valence electrons. The van der Waals surface area contributed by atoms with Gasteiger partial charge in [-0.3, -0.25) is 13.9 Å². The smallest absolute Gasteiger partial charge is 0.264 e. The normalized spacial score (nSPS) is 12.0. The molecule has 0 aromatic heterocycles. The number of hydrogen-bond acceptors (Lipinski definition) is 4. The summed E-state index contributed by atoms with van der Waals surface area (Å²) in [7, 11) is -4.21. The highest BCUT2D eigenvalue weighted by molar-refractivity contribution is 7.92. The van der Waals surface area contributed by atoms with E-state index in [2.05, 4.69) is 5.32 Å². The molecule has 0 aliphatic rings. The Hall–Kier alpha value is -4.14. The summed E-state index contributed by atoms with van der Waals surface area (Å²) in [6.07, 6.45) is 0.254. The third kappa shape index (κ3) is 8.96. The van der Waals surface area contributed by atoms with Crippen LogP contribution in [0.5, 0.6) is 0 Å². The Bertz CT molecular complexity index is 1700. The van der Waals surface area contributed by atoms with Gasteiger partial charge >= 0.3 is 0 Å². The van der Waals surface area contributed by atoms with Gasteiger partial charge in [0.1, 0.15) is 12.6 Å². The number of hydrogen-bond donors (Lipinski definition) is 1. The lowest BCUT2D eigenvalue weighted by Crippen LogP contribution is -2.53. The molecule has 7 nitrogen and oxygen atoms in total. The maximum absolute atomic E-state index is 14.5. The predicted octanol–water partition coefficient (Wildman–Crippen LogP) is 6.56. The lowest BCUT2D eigenvalue weighted by molar-refractivity contribution is -0.140. The first kappa shape index (κ1) is 33.7. The van der Waals surface area contributed by atoms with Crippen molar-refractivity contribution in [3.05, 3.63) is 130 Å². The Morgan fingerprint density at radius 3 is 2.02 bits per heavy atom. The third-order valence-corrected chi connectivity index (χ3v) is 9.49. The van der Waals surface area contributed by atoms with Crippen molar-refractivity contribution < 1.29 is 18.0 Å². The van der Waals surface area contributed by atoms with E-state index in [4.69, 9.17) is 11.6 Å². The average molecular weight is 646 g/mol. The van der Waals surface area contributed by atoms with E-state index in [1.807, 2.05) is 81.4 Å². The molecular formula is C36H40ClN3O4S. The molecule has 0 bridgehead atoms. The second-order valence-corrected chi connectivity index (χ2v) is 13.9. The maximum atomic E-state index is 14.5. The van der Waals surface area contributed by atoms with Crippen molar-refractivity contribution in [3.63, 3.8) is 0 Å². The van der Waals surface area contributed by atoms with Crippen LogP contribution >= 0.6 is 11.6 Å². The summed E-state index contributed by atoms with van der Waals surface area (Å²) in [5, 5.41) is 3.34. The van der Waals surface area contributed by atoms with Gasteiger partial charge in [0.05, 0.1) is 10.6 Å². The van der Waals surface area contributed by atoms with Gasteiger partial charge < -0.3 is 10.2 Å². The summed E-state index contributed by atoms with van der Waals surface area (Å²) in [4.78, 5) is 29.9. The molecule has 2 amide bonds. The summed E-state index contributed by atoms with van der Waals surface area (Å²) >= 11 is 6.36. The number of rotatable bonds is 13. The van der Waals surface area contributed by atoms with Gasteiger partial charge in [0.25, 0.3) is 10.0 Å². The number of amides is 2. The van der Waals surface area contributed by atoms with Crippen molar-refractivity contribution in [2.24, 2.45) is 5.92 Å². The van der Waals surface area contributed by atoms with Gasteiger partial charge in [0, 0.05) is 24.5 Å². The summed E-state index contributed by atoms with van der Waals surface area (Å²) < 4.78 is 29.6. The van der Waals surface area contributed by atoms with E-state index in [0.29, 0.717) is 22.8 Å². The first-order valence-corrected chi connectivity index (χ1v) is 16.8. The van der Waals surface area contributed by atoms with Crippen LogP contribution in [0.1, 0.15) is 36.1 Å². The molecule has 0 spiro atoms. The molecule has 0 radical (unpaired) electrons. The average Bonchev–Trinajstić information content (AvgIpc) is 3.02. The standard InChI is InChI=1S/C36H40ClN3O4S/c1-26(2)23-38-36(42)34(21-29-11-7-5-8-12-29)39(24-30-13-9-6-10-14-30)35(41)25-40(33-22-31(37)18-17-28(33)4)45(43,44)32-19-15-27(3)16-20-32/h5-20,22,26,34H,21,23-25H2,1-4H3,(H,38,42). The van der Waals surface area contributed by atoms with Crippen molar-refractivity contribution in [3.8, 4) is 0 Å². The van der Waals surface area contributed by atoms with Crippen LogP contribution in [-0.4, -0.2) is 44.3 Å². The van der Waals surface area contributed by atoms with Crippen LogP contribution in [0.3, 0.4) is 0 Å². The van der Waals surface area contributed by atoms with E-state index >= 15 is 0 Å². The SMILES string of the molecule is Cc1ccc(S(=O)(=O)N(CC(=O)N(Cc2ccccc2)C(Cc2ccccc2)C(=O)NCC(C)C)c2cc(Cl)ccc2C)cc1. The van der Waals surface area contributed by atoms with Crippen molar-refractivity contribution in [1.82, 2.24) is 10.2 Å². The van der Waals surface area contributed by atoms with Gasteiger partial charge in [-0.2, -0.15) is 0 Å². The molecule has 1 unspecified atom stereocenters. The van der Waals surface area contributed by atoms with E-state index in [0.717, 1.165) is 21.0 Å². The second kappa shape index (κ2) is 15.2. The van der Waals surface area contributed by atoms with E-state index in [9.17, 15) is 18.0 Å². The van der Waals surface area contributed by atoms with Crippen molar-refractivity contribution >= 4 is 39.1 Å². The van der Waals surface area contributed by atoms with Gasteiger partial charge in [-0.25, -0.2) is 8.42 Å². The van der Waals surface area contributed by atoms with Gasteiger partial charge in [-0.15, -0.1) is 0 Å². The number of carbonyl (C=O) groups excluding carboxylic acids is 2. The number of nitrogens with one attached hydrogen (secondary N) is 1. The molecule has 0 aliphatic carbocycles. The minimum atomic E-state index is -4.21. The molecule has 0 fully saturated rings. The topological polar surface area (TPSA) is 86.8 Å². The van der Waals surface area contributed by atoms with Crippen LogP contribution in [0.15, 0.2) is 108 Å².